The lowest BCUT2D eigenvalue weighted by molar-refractivity contribution is 0.220. The molecule has 1 heterocycles. The third-order valence-corrected chi connectivity index (χ3v) is 2.62. The topological polar surface area (TPSA) is 21.6 Å². The third-order valence-electron chi connectivity index (χ3n) is 2.30. The number of halogens is 1. The summed E-state index contributed by atoms with van der Waals surface area (Å²) in [6.45, 7) is 1.99. The maximum Gasteiger partial charge on any atom is 0.216 e. The number of aliphatic imine (C=N–C) groups is 1. The predicted octanol–water partition coefficient (Wildman–Crippen LogP) is 2.46. The van der Waals surface area contributed by atoms with E-state index in [9.17, 15) is 0 Å². The van der Waals surface area contributed by atoms with Gasteiger partial charge in [0.15, 0.2) is 0 Å². The Kier molecular flexibility index (Phi) is 2.73. The van der Waals surface area contributed by atoms with Gasteiger partial charge in [-0.3, -0.25) is 0 Å². The fraction of sp³-hybridized carbons (Fsp3) is 0.364. The Hall–Kier alpha value is -1.02. The molecule has 2 unspecified atom stereocenters. The van der Waals surface area contributed by atoms with Crippen LogP contribution in [0.1, 0.15) is 12.5 Å². The van der Waals surface area contributed by atoms with Gasteiger partial charge < -0.3 is 4.74 Å². The van der Waals surface area contributed by atoms with Crippen molar-refractivity contribution in [2.75, 3.05) is 5.88 Å². The number of rotatable bonds is 2. The highest BCUT2D eigenvalue weighted by Gasteiger charge is 2.26. The summed E-state index contributed by atoms with van der Waals surface area (Å²) in [5, 5.41) is 0. The number of benzene rings is 1. The fourth-order valence-corrected chi connectivity index (χ4v) is 1.74. The number of ether oxygens (including phenoxy) is 1. The third kappa shape index (κ3) is 1.75. The van der Waals surface area contributed by atoms with Crippen LogP contribution >= 0.6 is 11.6 Å². The number of alkyl halides is 1. The molecule has 2 rings (SSSR count). The average Bonchev–Trinajstić information content (AvgIpc) is 2.61. The van der Waals surface area contributed by atoms with Gasteiger partial charge in [0.2, 0.25) is 5.90 Å². The van der Waals surface area contributed by atoms with Crippen LogP contribution in [0.2, 0.25) is 0 Å². The van der Waals surface area contributed by atoms with Crippen LogP contribution in [0, 0.1) is 0 Å². The van der Waals surface area contributed by atoms with E-state index in [2.05, 4.69) is 4.99 Å². The van der Waals surface area contributed by atoms with Gasteiger partial charge in [0, 0.05) is 11.4 Å². The van der Waals surface area contributed by atoms with Crippen LogP contribution in [0.15, 0.2) is 35.3 Å². The molecule has 0 aliphatic carbocycles. The van der Waals surface area contributed by atoms with E-state index in [-0.39, 0.29) is 12.1 Å². The first-order valence-electron chi connectivity index (χ1n) is 4.67. The molecule has 14 heavy (non-hydrogen) atoms. The average molecular weight is 210 g/mol. The van der Waals surface area contributed by atoms with Gasteiger partial charge in [-0.1, -0.05) is 18.2 Å². The van der Waals surface area contributed by atoms with E-state index in [1.54, 1.807) is 0 Å². The van der Waals surface area contributed by atoms with Crippen molar-refractivity contribution in [3.05, 3.63) is 35.9 Å². The first-order valence-corrected chi connectivity index (χ1v) is 5.20. The highest BCUT2D eigenvalue weighted by Crippen LogP contribution is 2.18. The first kappa shape index (κ1) is 9.53. The van der Waals surface area contributed by atoms with Crippen LogP contribution in [0.4, 0.5) is 0 Å². The van der Waals surface area contributed by atoms with Crippen molar-refractivity contribution in [2.45, 2.75) is 19.1 Å². The smallest absolute Gasteiger partial charge is 0.216 e. The normalized spacial score (nSPS) is 25.7. The van der Waals surface area contributed by atoms with Gasteiger partial charge in [-0.05, 0) is 19.1 Å². The van der Waals surface area contributed by atoms with Crippen molar-refractivity contribution in [2.24, 2.45) is 4.99 Å². The van der Waals surface area contributed by atoms with Crippen LogP contribution in [-0.2, 0) is 4.74 Å². The molecule has 0 radical (unpaired) electrons. The summed E-state index contributed by atoms with van der Waals surface area (Å²) in [6, 6.07) is 9.98. The van der Waals surface area contributed by atoms with E-state index in [0.717, 1.165) is 5.56 Å². The zero-order valence-corrected chi connectivity index (χ0v) is 8.74. The number of hydrogen-bond donors (Lipinski definition) is 0. The minimum atomic E-state index is 0.0858. The van der Waals surface area contributed by atoms with Gasteiger partial charge in [-0.2, -0.15) is 0 Å². The van der Waals surface area contributed by atoms with Crippen LogP contribution < -0.4 is 0 Å². The van der Waals surface area contributed by atoms with Gasteiger partial charge in [-0.15, -0.1) is 11.6 Å². The Morgan fingerprint density at radius 2 is 2.07 bits per heavy atom. The Labute approximate surface area is 88.6 Å². The molecular formula is C11H12ClNO. The van der Waals surface area contributed by atoms with Crippen molar-refractivity contribution in [1.29, 1.82) is 0 Å². The van der Waals surface area contributed by atoms with Crippen molar-refractivity contribution < 1.29 is 4.74 Å². The Morgan fingerprint density at radius 3 is 2.64 bits per heavy atom. The van der Waals surface area contributed by atoms with E-state index in [1.807, 2.05) is 37.3 Å². The Balaban J connectivity index is 2.22. The molecule has 0 aromatic heterocycles. The fourth-order valence-electron chi connectivity index (χ4n) is 1.42. The maximum absolute atomic E-state index is 5.77. The number of nitrogens with zero attached hydrogens (tertiary/aromatic N) is 1. The predicted molar refractivity (Wildman–Crippen MR) is 58.0 cm³/mol. The second-order valence-electron chi connectivity index (χ2n) is 3.34. The molecule has 1 aromatic carbocycles. The summed E-state index contributed by atoms with van der Waals surface area (Å²) < 4.78 is 5.62. The lowest BCUT2D eigenvalue weighted by Gasteiger charge is -2.08. The summed E-state index contributed by atoms with van der Waals surface area (Å²) in [5.74, 6) is 1.22. The number of hydrogen-bond acceptors (Lipinski definition) is 2. The quantitative estimate of drug-likeness (QED) is 0.686. The largest absolute Gasteiger partial charge is 0.472 e. The second-order valence-corrected chi connectivity index (χ2v) is 3.65. The lowest BCUT2D eigenvalue weighted by atomic mass is 10.2. The lowest BCUT2D eigenvalue weighted by Crippen LogP contribution is -2.19. The van der Waals surface area contributed by atoms with Gasteiger partial charge >= 0.3 is 0 Å². The van der Waals surface area contributed by atoms with E-state index in [4.69, 9.17) is 16.3 Å². The summed E-state index contributed by atoms with van der Waals surface area (Å²) in [7, 11) is 0. The summed E-state index contributed by atoms with van der Waals surface area (Å²) in [6.07, 6.45) is 0.0858. The van der Waals surface area contributed by atoms with Crippen molar-refractivity contribution in [1.82, 2.24) is 0 Å². The molecule has 2 nitrogen and oxygen atoms in total. The molecule has 0 spiro atoms. The molecule has 0 bridgehead atoms. The molecule has 2 atom stereocenters. The Bertz CT molecular complexity index is 336. The van der Waals surface area contributed by atoms with E-state index < -0.39 is 0 Å². The van der Waals surface area contributed by atoms with Crippen molar-refractivity contribution in [3.63, 3.8) is 0 Å². The van der Waals surface area contributed by atoms with Crippen LogP contribution in [-0.4, -0.2) is 23.9 Å². The van der Waals surface area contributed by atoms with Crippen molar-refractivity contribution >= 4 is 17.5 Å². The monoisotopic (exact) mass is 209 g/mol. The minimum absolute atomic E-state index is 0.0858. The molecule has 74 valence electrons. The highest BCUT2D eigenvalue weighted by atomic mass is 35.5. The van der Waals surface area contributed by atoms with Gasteiger partial charge in [-0.25, -0.2) is 4.99 Å². The molecule has 0 saturated heterocycles. The van der Waals surface area contributed by atoms with Crippen LogP contribution in [0.5, 0.6) is 0 Å². The molecule has 0 fully saturated rings. The Morgan fingerprint density at radius 1 is 1.36 bits per heavy atom. The van der Waals surface area contributed by atoms with Gasteiger partial charge in [0.1, 0.15) is 12.1 Å². The van der Waals surface area contributed by atoms with Crippen molar-refractivity contribution in [3.8, 4) is 0 Å². The van der Waals surface area contributed by atoms with Gasteiger partial charge in [0.05, 0.1) is 0 Å². The molecule has 0 saturated carbocycles. The SMILES string of the molecule is CC1OC(c2ccccc2)=NC1CCl. The molecule has 1 aromatic rings. The molecule has 0 amide bonds. The summed E-state index contributed by atoms with van der Waals surface area (Å²) >= 11 is 5.77. The standard InChI is InChI=1S/C11H12ClNO/c1-8-10(7-12)13-11(14-8)9-5-3-2-4-6-9/h2-6,8,10H,7H2,1H3. The van der Waals surface area contributed by atoms with E-state index >= 15 is 0 Å². The maximum atomic E-state index is 5.77. The molecule has 3 heteroatoms. The molecule has 1 aliphatic heterocycles. The van der Waals surface area contributed by atoms with Gasteiger partial charge in [0.25, 0.3) is 0 Å². The highest BCUT2D eigenvalue weighted by molar-refractivity contribution is 6.18. The summed E-state index contributed by atoms with van der Waals surface area (Å²) in [4.78, 5) is 4.42. The minimum Gasteiger partial charge on any atom is -0.472 e. The molecule has 0 N–H and O–H groups in total. The van der Waals surface area contributed by atoms with E-state index in [1.165, 1.54) is 0 Å². The zero-order chi connectivity index (χ0) is 9.97. The zero-order valence-electron chi connectivity index (χ0n) is 7.98. The second kappa shape index (κ2) is 4.01. The van der Waals surface area contributed by atoms with Crippen LogP contribution in [0.3, 0.4) is 0 Å². The molecule has 1 aliphatic rings. The van der Waals surface area contributed by atoms with Crippen LogP contribution in [0.25, 0.3) is 0 Å². The first-order chi connectivity index (χ1) is 6.81. The van der Waals surface area contributed by atoms with E-state index in [0.29, 0.717) is 11.8 Å². The molecular weight excluding hydrogens is 198 g/mol. The summed E-state index contributed by atoms with van der Waals surface area (Å²) in [5.41, 5.74) is 1.02.